The standard InChI is InChI=1S/C11H11BrN2.C5H11NO2.2C2H6/c12-10-3-4-11(9(7-10)8-13)14-5-1-2-6-14;1-5(2,3)8-4(6)7;2*1-2/h3-4,7H,1-2,5-6H2;1-3H3,(H2,6,7);2*1-2H3. The van der Waals surface area contributed by atoms with E-state index in [1.165, 1.54) is 12.8 Å². The fraction of sp³-hybridized carbons (Fsp3) is 0.600. The second-order valence-corrected chi connectivity index (χ2v) is 6.92. The Labute approximate surface area is 167 Å². The molecule has 0 aliphatic carbocycles. The van der Waals surface area contributed by atoms with Crippen molar-refractivity contribution >= 4 is 27.7 Å². The molecule has 6 heteroatoms. The van der Waals surface area contributed by atoms with Crippen molar-refractivity contribution in [3.05, 3.63) is 28.2 Å². The maximum absolute atomic E-state index is 10.0. The molecular formula is C20H34BrN3O2. The van der Waals surface area contributed by atoms with E-state index in [0.717, 1.165) is 28.8 Å². The number of benzene rings is 1. The largest absolute Gasteiger partial charge is 0.444 e. The van der Waals surface area contributed by atoms with E-state index in [9.17, 15) is 4.79 Å². The summed E-state index contributed by atoms with van der Waals surface area (Å²) in [5.74, 6) is 0. The van der Waals surface area contributed by atoms with E-state index in [-0.39, 0.29) is 0 Å². The monoisotopic (exact) mass is 427 g/mol. The van der Waals surface area contributed by atoms with Gasteiger partial charge in [-0.3, -0.25) is 0 Å². The lowest BCUT2D eigenvalue weighted by Gasteiger charge is -2.18. The zero-order chi connectivity index (χ0) is 20.8. The van der Waals surface area contributed by atoms with Crippen LogP contribution in [0.25, 0.3) is 0 Å². The Morgan fingerprint density at radius 2 is 1.69 bits per heavy atom. The number of nitriles is 1. The fourth-order valence-corrected chi connectivity index (χ4v) is 2.49. The van der Waals surface area contributed by atoms with E-state index in [1.807, 2.05) is 45.9 Å². The van der Waals surface area contributed by atoms with Gasteiger partial charge in [0.15, 0.2) is 0 Å². The molecule has 5 nitrogen and oxygen atoms in total. The van der Waals surface area contributed by atoms with Gasteiger partial charge < -0.3 is 15.4 Å². The number of carbonyl (C=O) groups is 1. The molecule has 0 atom stereocenters. The summed E-state index contributed by atoms with van der Waals surface area (Å²) in [6.07, 6.45) is 1.75. The molecule has 1 heterocycles. The summed E-state index contributed by atoms with van der Waals surface area (Å²) in [5.41, 5.74) is 6.11. The Kier molecular flexibility index (Phi) is 14.7. The Balaban J connectivity index is 0. The Morgan fingerprint density at radius 1 is 1.19 bits per heavy atom. The van der Waals surface area contributed by atoms with Crippen LogP contribution in [-0.4, -0.2) is 24.8 Å². The number of rotatable bonds is 1. The maximum atomic E-state index is 10.0. The average Bonchev–Trinajstić information content (AvgIpc) is 3.11. The van der Waals surface area contributed by atoms with E-state index >= 15 is 0 Å². The number of primary amides is 1. The number of nitrogens with zero attached hydrogens (tertiary/aromatic N) is 2. The molecule has 1 aromatic rings. The third-order valence-electron chi connectivity index (χ3n) is 2.93. The van der Waals surface area contributed by atoms with Gasteiger partial charge in [0.25, 0.3) is 0 Å². The van der Waals surface area contributed by atoms with Crippen LogP contribution in [0.4, 0.5) is 10.5 Å². The van der Waals surface area contributed by atoms with Crippen molar-refractivity contribution in [3.8, 4) is 6.07 Å². The van der Waals surface area contributed by atoms with E-state index in [4.69, 9.17) is 11.0 Å². The topological polar surface area (TPSA) is 79.3 Å². The molecule has 1 saturated heterocycles. The van der Waals surface area contributed by atoms with Gasteiger partial charge in [-0.2, -0.15) is 5.26 Å². The third-order valence-corrected chi connectivity index (χ3v) is 3.43. The third kappa shape index (κ3) is 11.8. The smallest absolute Gasteiger partial charge is 0.405 e. The van der Waals surface area contributed by atoms with Gasteiger partial charge in [0.1, 0.15) is 11.7 Å². The van der Waals surface area contributed by atoms with Gasteiger partial charge in [-0.05, 0) is 51.8 Å². The zero-order valence-electron chi connectivity index (χ0n) is 17.2. The molecule has 2 N–H and O–H groups in total. The lowest BCUT2D eigenvalue weighted by atomic mass is 10.2. The number of halogens is 1. The minimum Gasteiger partial charge on any atom is -0.444 e. The molecule has 1 amide bonds. The number of hydrogen-bond acceptors (Lipinski definition) is 4. The summed E-state index contributed by atoms with van der Waals surface area (Å²) in [5, 5.41) is 9.01. The molecule has 0 bridgehead atoms. The summed E-state index contributed by atoms with van der Waals surface area (Å²) in [4.78, 5) is 12.3. The van der Waals surface area contributed by atoms with Crippen LogP contribution >= 0.6 is 15.9 Å². The number of nitrogens with two attached hydrogens (primary N) is 1. The van der Waals surface area contributed by atoms with E-state index < -0.39 is 11.7 Å². The van der Waals surface area contributed by atoms with Crippen molar-refractivity contribution in [1.82, 2.24) is 0 Å². The first-order chi connectivity index (χ1) is 12.2. The van der Waals surface area contributed by atoms with Crippen molar-refractivity contribution in [2.75, 3.05) is 18.0 Å². The highest BCUT2D eigenvalue weighted by Gasteiger charge is 2.15. The highest BCUT2D eigenvalue weighted by atomic mass is 79.9. The van der Waals surface area contributed by atoms with Crippen molar-refractivity contribution in [3.63, 3.8) is 0 Å². The normalized spacial score (nSPS) is 12.2. The number of ether oxygens (including phenoxy) is 1. The molecule has 1 aliphatic heterocycles. The van der Waals surface area contributed by atoms with Crippen LogP contribution in [0.15, 0.2) is 22.7 Å². The first kappa shape index (κ1) is 26.5. The predicted octanol–water partition coefficient (Wildman–Crippen LogP) is 5.85. The van der Waals surface area contributed by atoms with E-state index in [1.54, 1.807) is 20.8 Å². The van der Waals surface area contributed by atoms with E-state index in [0.29, 0.717) is 0 Å². The number of carbonyl (C=O) groups excluding carboxylic acids is 1. The molecule has 1 fully saturated rings. The lowest BCUT2D eigenvalue weighted by molar-refractivity contribution is 0.0600. The number of hydrogen-bond donors (Lipinski definition) is 1. The van der Waals surface area contributed by atoms with Crippen LogP contribution < -0.4 is 10.6 Å². The van der Waals surface area contributed by atoms with Crippen molar-refractivity contribution in [2.45, 2.75) is 66.9 Å². The van der Waals surface area contributed by atoms with Gasteiger partial charge >= 0.3 is 6.09 Å². The molecule has 0 saturated carbocycles. The van der Waals surface area contributed by atoms with E-state index in [2.05, 4.69) is 31.6 Å². The van der Waals surface area contributed by atoms with Crippen molar-refractivity contribution < 1.29 is 9.53 Å². The molecule has 0 radical (unpaired) electrons. The summed E-state index contributed by atoms with van der Waals surface area (Å²) < 4.78 is 5.55. The van der Waals surface area contributed by atoms with Gasteiger partial charge in [-0.1, -0.05) is 43.6 Å². The highest BCUT2D eigenvalue weighted by molar-refractivity contribution is 9.10. The molecule has 0 aromatic heterocycles. The molecule has 1 aliphatic rings. The molecule has 1 aromatic carbocycles. The quantitative estimate of drug-likeness (QED) is 0.608. The molecule has 148 valence electrons. The molecule has 0 unspecified atom stereocenters. The zero-order valence-corrected chi connectivity index (χ0v) is 18.8. The highest BCUT2D eigenvalue weighted by Crippen LogP contribution is 2.26. The van der Waals surface area contributed by atoms with Gasteiger partial charge in [0.05, 0.1) is 11.3 Å². The number of amides is 1. The minimum atomic E-state index is -0.725. The summed E-state index contributed by atoms with van der Waals surface area (Å²) >= 11 is 3.38. The first-order valence-corrected chi connectivity index (χ1v) is 9.95. The summed E-state index contributed by atoms with van der Waals surface area (Å²) in [6, 6.07) is 8.14. The van der Waals surface area contributed by atoms with Gasteiger partial charge in [0.2, 0.25) is 0 Å². The van der Waals surface area contributed by atoms with Crippen LogP contribution in [0.5, 0.6) is 0 Å². The summed E-state index contributed by atoms with van der Waals surface area (Å²) in [7, 11) is 0. The van der Waals surface area contributed by atoms with Crippen molar-refractivity contribution in [1.29, 1.82) is 5.26 Å². The SMILES string of the molecule is CC.CC.CC(C)(C)OC(N)=O.N#Cc1cc(Br)ccc1N1CCCC1. The average molecular weight is 428 g/mol. The second-order valence-electron chi connectivity index (χ2n) is 6.00. The van der Waals surface area contributed by atoms with Gasteiger partial charge in [-0.25, -0.2) is 4.79 Å². The second kappa shape index (κ2) is 14.4. The fourth-order valence-electron chi connectivity index (χ4n) is 2.13. The molecule has 26 heavy (non-hydrogen) atoms. The Bertz CT molecular complexity index is 557. The maximum Gasteiger partial charge on any atom is 0.405 e. The van der Waals surface area contributed by atoms with Crippen molar-refractivity contribution in [2.24, 2.45) is 5.73 Å². The molecule has 2 rings (SSSR count). The Hall–Kier alpha value is -1.74. The van der Waals surface area contributed by atoms with Crippen LogP contribution in [0.2, 0.25) is 0 Å². The predicted molar refractivity (Wildman–Crippen MR) is 113 cm³/mol. The minimum absolute atomic E-state index is 0.453. The molecular weight excluding hydrogens is 394 g/mol. The first-order valence-electron chi connectivity index (χ1n) is 9.16. The molecule has 0 spiro atoms. The number of anilines is 1. The van der Waals surface area contributed by atoms with Gasteiger partial charge in [-0.15, -0.1) is 0 Å². The van der Waals surface area contributed by atoms with Crippen LogP contribution in [-0.2, 0) is 4.74 Å². The Morgan fingerprint density at radius 3 is 2.04 bits per heavy atom. The van der Waals surface area contributed by atoms with Gasteiger partial charge in [0, 0.05) is 17.6 Å². The lowest BCUT2D eigenvalue weighted by Crippen LogP contribution is -2.27. The van der Waals surface area contributed by atoms with Crippen LogP contribution in [0.1, 0.15) is 66.9 Å². The summed E-state index contributed by atoms with van der Waals surface area (Å²) in [6.45, 7) is 15.4. The van der Waals surface area contributed by atoms with Crippen LogP contribution in [0, 0.1) is 11.3 Å². The van der Waals surface area contributed by atoms with Crippen LogP contribution in [0.3, 0.4) is 0 Å².